The summed E-state index contributed by atoms with van der Waals surface area (Å²) in [4.78, 5) is 27.7. The van der Waals surface area contributed by atoms with Crippen LogP contribution in [0.3, 0.4) is 0 Å². The average molecular weight is 412 g/mol. The standard InChI is InChI=1S/C23H28N2O5/c1-28-20-13-22(30-3)21(29-2)12-17(20)19(26)15-25-11-7-10-18(25)23(27)24-14-16-8-5-4-6-9-16/h4-6,8-9,12-13,18H,7,10-11,14-15H2,1-3H3,(H,24,27)/t18-/m0/s1. The van der Waals surface area contributed by atoms with E-state index in [-0.39, 0.29) is 24.3 Å². The number of ketones is 1. The van der Waals surface area contributed by atoms with E-state index in [0.29, 0.717) is 35.9 Å². The highest BCUT2D eigenvalue weighted by atomic mass is 16.5. The molecule has 7 nitrogen and oxygen atoms in total. The zero-order chi connectivity index (χ0) is 21.5. The quantitative estimate of drug-likeness (QED) is 0.638. The third kappa shape index (κ3) is 4.91. The summed E-state index contributed by atoms with van der Waals surface area (Å²) in [6.07, 6.45) is 1.61. The fourth-order valence-corrected chi connectivity index (χ4v) is 3.73. The van der Waals surface area contributed by atoms with Crippen LogP contribution in [0, 0.1) is 0 Å². The predicted octanol–water partition coefficient (Wildman–Crippen LogP) is 2.68. The summed E-state index contributed by atoms with van der Waals surface area (Å²) < 4.78 is 16.0. The first-order valence-corrected chi connectivity index (χ1v) is 9.96. The van der Waals surface area contributed by atoms with Crippen molar-refractivity contribution in [2.75, 3.05) is 34.4 Å². The first-order valence-electron chi connectivity index (χ1n) is 9.96. The van der Waals surface area contributed by atoms with Crippen LogP contribution in [0.25, 0.3) is 0 Å². The van der Waals surface area contributed by atoms with Crippen molar-refractivity contribution < 1.29 is 23.8 Å². The summed E-state index contributed by atoms with van der Waals surface area (Å²) >= 11 is 0. The molecule has 1 amide bonds. The molecule has 160 valence electrons. The van der Waals surface area contributed by atoms with Gasteiger partial charge in [0.15, 0.2) is 17.3 Å². The number of Topliss-reactive ketones (excluding diaryl/α,β-unsaturated/α-hetero) is 1. The molecule has 2 aromatic carbocycles. The molecule has 30 heavy (non-hydrogen) atoms. The van der Waals surface area contributed by atoms with Gasteiger partial charge in [0.1, 0.15) is 5.75 Å². The highest BCUT2D eigenvalue weighted by Gasteiger charge is 2.32. The van der Waals surface area contributed by atoms with E-state index < -0.39 is 0 Å². The summed E-state index contributed by atoms with van der Waals surface area (Å²) in [6.45, 7) is 1.31. The van der Waals surface area contributed by atoms with Gasteiger partial charge in [-0.1, -0.05) is 30.3 Å². The highest BCUT2D eigenvalue weighted by molar-refractivity contribution is 6.01. The number of nitrogens with zero attached hydrogens (tertiary/aromatic N) is 1. The minimum Gasteiger partial charge on any atom is -0.496 e. The number of likely N-dealkylation sites (tertiary alicyclic amines) is 1. The Bertz CT molecular complexity index is 885. The molecule has 0 unspecified atom stereocenters. The molecule has 0 aromatic heterocycles. The summed E-state index contributed by atoms with van der Waals surface area (Å²) in [5.74, 6) is 1.19. The van der Waals surface area contributed by atoms with Gasteiger partial charge in [0, 0.05) is 12.6 Å². The Labute approximate surface area is 176 Å². The molecule has 1 aliphatic heterocycles. The number of ether oxygens (including phenoxy) is 3. The number of hydrogen-bond acceptors (Lipinski definition) is 6. The second-order valence-electron chi connectivity index (χ2n) is 7.16. The van der Waals surface area contributed by atoms with E-state index in [0.717, 1.165) is 18.4 Å². The van der Waals surface area contributed by atoms with Crippen molar-refractivity contribution in [1.29, 1.82) is 0 Å². The Balaban J connectivity index is 1.69. The lowest BCUT2D eigenvalue weighted by Crippen LogP contribution is -2.44. The smallest absolute Gasteiger partial charge is 0.237 e. The van der Waals surface area contributed by atoms with Gasteiger partial charge in [0.2, 0.25) is 5.91 Å². The Morgan fingerprint density at radius 1 is 1.00 bits per heavy atom. The van der Waals surface area contributed by atoms with Gasteiger partial charge >= 0.3 is 0 Å². The maximum absolute atomic E-state index is 13.0. The van der Waals surface area contributed by atoms with Crippen molar-refractivity contribution in [2.45, 2.75) is 25.4 Å². The summed E-state index contributed by atoms with van der Waals surface area (Å²) in [6, 6.07) is 12.7. The van der Waals surface area contributed by atoms with Gasteiger partial charge in [0.05, 0.1) is 39.5 Å². The summed E-state index contributed by atoms with van der Waals surface area (Å²) in [5.41, 5.74) is 1.45. The molecule has 1 atom stereocenters. The van der Waals surface area contributed by atoms with E-state index in [4.69, 9.17) is 14.2 Å². The number of hydrogen-bond donors (Lipinski definition) is 1. The molecule has 3 rings (SSSR count). The zero-order valence-electron chi connectivity index (χ0n) is 17.6. The fraction of sp³-hybridized carbons (Fsp3) is 0.391. The van der Waals surface area contributed by atoms with Crippen molar-refractivity contribution in [1.82, 2.24) is 10.2 Å². The van der Waals surface area contributed by atoms with Crippen LogP contribution in [0.5, 0.6) is 17.2 Å². The third-order valence-electron chi connectivity index (χ3n) is 5.33. The van der Waals surface area contributed by atoms with E-state index in [1.54, 1.807) is 12.1 Å². The van der Waals surface area contributed by atoms with Crippen LogP contribution in [0.1, 0.15) is 28.8 Å². The van der Waals surface area contributed by atoms with Crippen molar-refractivity contribution in [2.24, 2.45) is 0 Å². The van der Waals surface area contributed by atoms with Crippen LogP contribution < -0.4 is 19.5 Å². The van der Waals surface area contributed by atoms with Gasteiger partial charge in [-0.15, -0.1) is 0 Å². The van der Waals surface area contributed by atoms with Crippen LogP contribution in [-0.2, 0) is 11.3 Å². The number of amides is 1. The minimum atomic E-state index is -0.316. The van der Waals surface area contributed by atoms with Crippen LogP contribution in [0.15, 0.2) is 42.5 Å². The van der Waals surface area contributed by atoms with Crippen molar-refractivity contribution >= 4 is 11.7 Å². The Morgan fingerprint density at radius 2 is 1.67 bits per heavy atom. The Hall–Kier alpha value is -3.06. The van der Waals surface area contributed by atoms with Gasteiger partial charge in [-0.3, -0.25) is 14.5 Å². The number of benzene rings is 2. The zero-order valence-corrected chi connectivity index (χ0v) is 17.6. The van der Waals surface area contributed by atoms with Crippen molar-refractivity contribution in [3.63, 3.8) is 0 Å². The lowest BCUT2D eigenvalue weighted by Gasteiger charge is -2.23. The molecule has 0 aliphatic carbocycles. The SMILES string of the molecule is COc1cc(OC)c(C(=O)CN2CCC[C@H]2C(=O)NCc2ccccc2)cc1OC. The first-order chi connectivity index (χ1) is 14.6. The maximum atomic E-state index is 13.0. The number of carbonyl (C=O) groups excluding carboxylic acids is 2. The summed E-state index contributed by atoms with van der Waals surface area (Å²) in [5, 5.41) is 2.99. The van der Waals surface area contributed by atoms with Crippen LogP contribution >= 0.6 is 0 Å². The topological polar surface area (TPSA) is 77.1 Å². The molecule has 1 heterocycles. The molecule has 0 spiro atoms. The van der Waals surface area contributed by atoms with E-state index in [2.05, 4.69) is 5.32 Å². The van der Waals surface area contributed by atoms with Gasteiger partial charge in [0.25, 0.3) is 0 Å². The molecule has 2 aromatic rings. The van der Waals surface area contributed by atoms with E-state index in [1.807, 2.05) is 35.2 Å². The lowest BCUT2D eigenvalue weighted by molar-refractivity contribution is -0.125. The molecule has 1 aliphatic rings. The van der Waals surface area contributed by atoms with E-state index >= 15 is 0 Å². The molecule has 1 N–H and O–H groups in total. The van der Waals surface area contributed by atoms with Gasteiger partial charge in [-0.25, -0.2) is 0 Å². The Morgan fingerprint density at radius 3 is 2.33 bits per heavy atom. The van der Waals surface area contributed by atoms with E-state index in [9.17, 15) is 9.59 Å². The molecule has 0 bridgehead atoms. The minimum absolute atomic E-state index is 0.0524. The largest absolute Gasteiger partial charge is 0.496 e. The second-order valence-corrected chi connectivity index (χ2v) is 7.16. The molecular formula is C23H28N2O5. The summed E-state index contributed by atoms with van der Waals surface area (Å²) in [7, 11) is 4.56. The third-order valence-corrected chi connectivity index (χ3v) is 5.33. The van der Waals surface area contributed by atoms with Crippen molar-refractivity contribution in [3.05, 3.63) is 53.6 Å². The van der Waals surface area contributed by atoms with Gasteiger partial charge < -0.3 is 19.5 Å². The molecule has 0 saturated carbocycles. The molecular weight excluding hydrogens is 384 g/mol. The van der Waals surface area contributed by atoms with E-state index in [1.165, 1.54) is 21.3 Å². The average Bonchev–Trinajstić information content (AvgIpc) is 3.25. The maximum Gasteiger partial charge on any atom is 0.237 e. The molecule has 0 radical (unpaired) electrons. The molecule has 7 heteroatoms. The second kappa shape index (κ2) is 10.1. The monoisotopic (exact) mass is 412 g/mol. The Kier molecular flexibility index (Phi) is 7.30. The van der Waals surface area contributed by atoms with Crippen molar-refractivity contribution in [3.8, 4) is 17.2 Å². The predicted molar refractivity (Wildman–Crippen MR) is 113 cm³/mol. The normalized spacial score (nSPS) is 16.2. The number of rotatable bonds is 9. The lowest BCUT2D eigenvalue weighted by atomic mass is 10.1. The van der Waals surface area contributed by atoms with Gasteiger partial charge in [-0.2, -0.15) is 0 Å². The number of methoxy groups -OCH3 is 3. The highest BCUT2D eigenvalue weighted by Crippen LogP contribution is 2.35. The number of carbonyl (C=O) groups is 2. The van der Waals surface area contributed by atoms with Crippen LogP contribution in [0.2, 0.25) is 0 Å². The first kappa shape index (κ1) is 21.6. The van der Waals surface area contributed by atoms with Gasteiger partial charge in [-0.05, 0) is 31.0 Å². The van der Waals surface area contributed by atoms with Crippen LogP contribution in [0.4, 0.5) is 0 Å². The molecule has 1 saturated heterocycles. The molecule has 1 fully saturated rings. The number of nitrogens with one attached hydrogen (secondary N) is 1. The van der Waals surface area contributed by atoms with Crippen LogP contribution in [-0.4, -0.2) is 57.1 Å². The fourth-order valence-electron chi connectivity index (χ4n) is 3.73.